The Balaban J connectivity index is 1.34. The number of nitriles is 3. The molecule has 0 N–H and O–H groups in total. The minimum absolute atomic E-state index is 0.552. The molecule has 50 heavy (non-hydrogen) atoms. The van der Waals surface area contributed by atoms with Crippen LogP contribution in [0, 0.1) is 34.0 Å². The second kappa shape index (κ2) is 11.4. The first kappa shape index (κ1) is 28.8. The maximum atomic E-state index is 10.9. The lowest BCUT2D eigenvalue weighted by Crippen LogP contribution is -2.00. The molecule has 0 fully saturated rings. The van der Waals surface area contributed by atoms with E-state index in [-0.39, 0.29) is 0 Å². The average Bonchev–Trinajstić information content (AvgIpc) is 3.69. The molecule has 0 aliphatic heterocycles. The SMILES string of the molecule is N#Cc1ccc2c(c1)c1ccccc1n2-c1cc(-c2ccccc2)cc(-c2cccc(-n3c4ccccc4c4cc(C#N)ccc43)c2C#N)c1. The Kier molecular flexibility index (Phi) is 6.56. The normalized spacial score (nSPS) is 11.1. The number of para-hydroxylation sites is 2. The number of nitrogens with zero attached hydrogens (tertiary/aromatic N) is 5. The number of hydrogen-bond donors (Lipinski definition) is 0. The topological polar surface area (TPSA) is 81.2 Å². The van der Waals surface area contributed by atoms with E-state index in [9.17, 15) is 15.8 Å². The monoisotopic (exact) mass is 635 g/mol. The highest BCUT2D eigenvalue weighted by Gasteiger charge is 2.20. The van der Waals surface area contributed by atoms with E-state index in [2.05, 4.69) is 81.9 Å². The van der Waals surface area contributed by atoms with E-state index in [0.29, 0.717) is 16.7 Å². The van der Waals surface area contributed by atoms with Crippen LogP contribution in [0.3, 0.4) is 0 Å². The smallest absolute Gasteiger partial charge is 0.102 e. The van der Waals surface area contributed by atoms with Gasteiger partial charge in [-0.25, -0.2) is 0 Å². The summed E-state index contributed by atoms with van der Waals surface area (Å²) in [5.41, 5.74) is 11.2. The van der Waals surface area contributed by atoms with Gasteiger partial charge in [0.25, 0.3) is 0 Å². The molecule has 2 heterocycles. The van der Waals surface area contributed by atoms with Gasteiger partial charge in [0, 0.05) is 32.8 Å². The molecule has 2 aromatic heterocycles. The minimum atomic E-state index is 0.552. The fourth-order valence-electron chi connectivity index (χ4n) is 7.40. The molecule has 0 amide bonds. The van der Waals surface area contributed by atoms with Gasteiger partial charge in [-0.15, -0.1) is 0 Å². The van der Waals surface area contributed by atoms with Gasteiger partial charge in [-0.2, -0.15) is 15.8 Å². The lowest BCUT2D eigenvalue weighted by atomic mass is 9.94. The summed E-state index contributed by atoms with van der Waals surface area (Å²) in [5.74, 6) is 0. The van der Waals surface area contributed by atoms with Crippen molar-refractivity contribution in [3.8, 4) is 51.8 Å². The summed E-state index contributed by atoms with van der Waals surface area (Å²) in [6.07, 6.45) is 0. The molecule has 0 saturated carbocycles. The Hall–Kier alpha value is -7.39. The highest BCUT2D eigenvalue weighted by Crippen LogP contribution is 2.40. The van der Waals surface area contributed by atoms with Crippen LogP contribution in [0.4, 0.5) is 0 Å². The molecule has 5 heteroatoms. The molecule has 0 aliphatic rings. The Morgan fingerprint density at radius 1 is 0.380 bits per heavy atom. The van der Waals surface area contributed by atoms with Crippen LogP contribution in [0.15, 0.2) is 152 Å². The fraction of sp³-hybridized carbons (Fsp3) is 0. The third-order valence-corrected chi connectivity index (χ3v) is 9.59. The molecular formula is C45H25N5. The predicted octanol–water partition coefficient (Wildman–Crippen LogP) is 10.8. The molecule has 0 aliphatic carbocycles. The predicted molar refractivity (Wildman–Crippen MR) is 200 cm³/mol. The average molecular weight is 636 g/mol. The van der Waals surface area contributed by atoms with Crippen molar-refractivity contribution in [2.24, 2.45) is 0 Å². The van der Waals surface area contributed by atoms with Crippen molar-refractivity contribution < 1.29 is 0 Å². The quantitative estimate of drug-likeness (QED) is 0.193. The third kappa shape index (κ3) is 4.38. The van der Waals surface area contributed by atoms with Crippen LogP contribution in [-0.2, 0) is 0 Å². The van der Waals surface area contributed by atoms with Crippen molar-refractivity contribution in [1.29, 1.82) is 15.8 Å². The molecular weight excluding hydrogens is 611 g/mol. The summed E-state index contributed by atoms with van der Waals surface area (Å²) < 4.78 is 4.38. The first-order chi connectivity index (χ1) is 24.7. The number of fused-ring (bicyclic) bond motifs is 6. The first-order valence-corrected chi connectivity index (χ1v) is 16.3. The standard InChI is InChI=1S/C45H25N5/c46-26-29-17-19-44-38(21-29)36-11-4-6-14-41(36)49(44)34-24-32(31-9-2-1-3-10-31)23-33(25-34)35-13-8-16-43(40(35)28-48)50-42-15-7-5-12-37(42)39-22-30(27-47)18-20-45(39)50/h1-25H. The van der Waals surface area contributed by atoms with Crippen molar-refractivity contribution in [3.05, 3.63) is 168 Å². The van der Waals surface area contributed by atoms with Crippen molar-refractivity contribution in [2.45, 2.75) is 0 Å². The summed E-state index contributed by atoms with van der Waals surface area (Å²) >= 11 is 0. The molecule has 9 rings (SSSR count). The van der Waals surface area contributed by atoms with E-state index in [1.165, 1.54) is 0 Å². The van der Waals surface area contributed by atoms with Gasteiger partial charge >= 0.3 is 0 Å². The van der Waals surface area contributed by atoms with E-state index in [1.807, 2.05) is 97.1 Å². The highest BCUT2D eigenvalue weighted by molar-refractivity contribution is 6.11. The minimum Gasteiger partial charge on any atom is -0.309 e. The first-order valence-electron chi connectivity index (χ1n) is 16.3. The fourth-order valence-corrected chi connectivity index (χ4v) is 7.40. The zero-order valence-electron chi connectivity index (χ0n) is 26.7. The number of aromatic nitrogens is 2. The van der Waals surface area contributed by atoms with E-state index < -0.39 is 0 Å². The molecule has 0 radical (unpaired) electrons. The number of hydrogen-bond acceptors (Lipinski definition) is 3. The molecule has 0 bridgehead atoms. The summed E-state index contributed by atoms with van der Waals surface area (Å²) in [7, 11) is 0. The maximum Gasteiger partial charge on any atom is 0.102 e. The number of rotatable bonds is 4. The van der Waals surface area contributed by atoms with Crippen molar-refractivity contribution in [3.63, 3.8) is 0 Å². The van der Waals surface area contributed by atoms with E-state index in [0.717, 1.165) is 77.2 Å². The molecule has 0 unspecified atom stereocenters. The van der Waals surface area contributed by atoms with Crippen LogP contribution in [0.5, 0.6) is 0 Å². The second-order valence-electron chi connectivity index (χ2n) is 12.3. The van der Waals surface area contributed by atoms with Gasteiger partial charge < -0.3 is 9.13 Å². The van der Waals surface area contributed by atoms with Gasteiger partial charge in [-0.1, -0.05) is 78.9 Å². The van der Waals surface area contributed by atoms with Crippen LogP contribution in [0.25, 0.3) is 77.2 Å². The lowest BCUT2D eigenvalue weighted by Gasteiger charge is -2.17. The van der Waals surface area contributed by atoms with Crippen LogP contribution < -0.4 is 0 Å². The van der Waals surface area contributed by atoms with E-state index in [4.69, 9.17) is 0 Å². The zero-order chi connectivity index (χ0) is 33.8. The van der Waals surface area contributed by atoms with Gasteiger partial charge in [0.1, 0.15) is 6.07 Å². The van der Waals surface area contributed by atoms with Crippen molar-refractivity contribution in [1.82, 2.24) is 9.13 Å². The van der Waals surface area contributed by atoms with Crippen LogP contribution in [-0.4, -0.2) is 9.13 Å². The van der Waals surface area contributed by atoms with Gasteiger partial charge in [-0.3, -0.25) is 0 Å². The largest absolute Gasteiger partial charge is 0.309 e. The van der Waals surface area contributed by atoms with E-state index >= 15 is 0 Å². The van der Waals surface area contributed by atoms with Gasteiger partial charge in [0.15, 0.2) is 0 Å². The molecule has 230 valence electrons. The van der Waals surface area contributed by atoms with Crippen LogP contribution in [0.1, 0.15) is 16.7 Å². The molecule has 0 saturated heterocycles. The van der Waals surface area contributed by atoms with Gasteiger partial charge in [0.2, 0.25) is 0 Å². The Morgan fingerprint density at radius 2 is 0.940 bits per heavy atom. The number of benzene rings is 7. The van der Waals surface area contributed by atoms with Crippen molar-refractivity contribution in [2.75, 3.05) is 0 Å². The summed E-state index contributed by atoms with van der Waals surface area (Å²) in [6.45, 7) is 0. The maximum absolute atomic E-state index is 10.9. The van der Waals surface area contributed by atoms with Gasteiger partial charge in [-0.05, 0) is 89.5 Å². The second-order valence-corrected chi connectivity index (χ2v) is 12.3. The van der Waals surface area contributed by atoms with Crippen LogP contribution in [0.2, 0.25) is 0 Å². The summed E-state index contributed by atoms with van der Waals surface area (Å²) in [5, 5.41) is 34.3. The molecule has 9 aromatic rings. The molecule has 7 aromatic carbocycles. The van der Waals surface area contributed by atoms with E-state index in [1.54, 1.807) is 0 Å². The van der Waals surface area contributed by atoms with Gasteiger partial charge in [0.05, 0.1) is 56.6 Å². The molecule has 0 atom stereocenters. The Morgan fingerprint density at radius 3 is 1.58 bits per heavy atom. The highest BCUT2D eigenvalue weighted by atomic mass is 15.0. The molecule has 5 nitrogen and oxygen atoms in total. The third-order valence-electron chi connectivity index (χ3n) is 9.59. The lowest BCUT2D eigenvalue weighted by molar-refractivity contribution is 1.16. The summed E-state index contributed by atoms with van der Waals surface area (Å²) in [6, 6.07) is 57.9. The molecule has 0 spiro atoms. The van der Waals surface area contributed by atoms with Crippen LogP contribution >= 0.6 is 0 Å². The Bertz CT molecular complexity index is 2960. The summed E-state index contributed by atoms with van der Waals surface area (Å²) in [4.78, 5) is 0. The zero-order valence-corrected chi connectivity index (χ0v) is 26.7. The van der Waals surface area contributed by atoms with Crippen molar-refractivity contribution >= 4 is 43.6 Å². The Labute approximate surface area is 287 Å².